The molecule has 0 saturated carbocycles. The predicted octanol–water partition coefficient (Wildman–Crippen LogP) is 4.56. The molecule has 4 nitrogen and oxygen atoms in total. The molecule has 2 aliphatic heterocycles. The Labute approximate surface area is 180 Å². The molecule has 2 aliphatic rings. The van der Waals surface area contributed by atoms with Crippen LogP contribution in [0.25, 0.3) is 6.08 Å². The van der Waals surface area contributed by atoms with E-state index in [1.54, 1.807) is 30.3 Å². The van der Waals surface area contributed by atoms with Gasteiger partial charge in [-0.1, -0.05) is 41.9 Å². The molecule has 2 saturated heterocycles. The lowest BCUT2D eigenvalue weighted by molar-refractivity contribution is -0.129. The van der Waals surface area contributed by atoms with E-state index in [-0.39, 0.29) is 16.7 Å². The molecule has 2 heterocycles. The van der Waals surface area contributed by atoms with Crippen LogP contribution < -0.4 is 0 Å². The first-order chi connectivity index (χ1) is 14.1. The standard InChI is InChI=1S/C23H23ClN2O2S/c24-20-9-7-19(8-10-20)22(28)25-14-12-23(13-15-25)26(16-17-29-23)21(27)11-6-18-4-2-1-3-5-18/h1-11H,12-17H2/b11-6+. The number of thioether (sulfide) groups is 1. The molecule has 6 heteroatoms. The van der Waals surface area contributed by atoms with E-state index in [2.05, 4.69) is 0 Å². The molecule has 0 radical (unpaired) electrons. The molecule has 150 valence electrons. The Morgan fingerprint density at radius 3 is 2.34 bits per heavy atom. The topological polar surface area (TPSA) is 40.6 Å². The van der Waals surface area contributed by atoms with Crippen LogP contribution in [0.15, 0.2) is 60.7 Å². The van der Waals surface area contributed by atoms with Crippen molar-refractivity contribution in [2.45, 2.75) is 17.7 Å². The number of halogens is 1. The van der Waals surface area contributed by atoms with Gasteiger partial charge in [-0.2, -0.15) is 0 Å². The van der Waals surface area contributed by atoms with Gasteiger partial charge in [0.1, 0.15) is 0 Å². The second-order valence-electron chi connectivity index (χ2n) is 7.33. The van der Waals surface area contributed by atoms with Crippen molar-refractivity contribution in [2.75, 3.05) is 25.4 Å². The first kappa shape index (κ1) is 20.0. The van der Waals surface area contributed by atoms with Crippen molar-refractivity contribution in [3.8, 4) is 0 Å². The molecule has 0 N–H and O–H groups in total. The van der Waals surface area contributed by atoms with Crippen LogP contribution in [0.5, 0.6) is 0 Å². The van der Waals surface area contributed by atoms with Crippen LogP contribution in [0, 0.1) is 0 Å². The fourth-order valence-electron chi connectivity index (χ4n) is 3.99. The number of carbonyl (C=O) groups excluding carboxylic acids is 2. The van der Waals surface area contributed by atoms with E-state index in [9.17, 15) is 9.59 Å². The van der Waals surface area contributed by atoms with Crippen LogP contribution in [0.3, 0.4) is 0 Å². The second-order valence-corrected chi connectivity index (χ2v) is 9.22. The van der Waals surface area contributed by atoms with Crippen molar-refractivity contribution in [3.63, 3.8) is 0 Å². The van der Waals surface area contributed by atoms with Gasteiger partial charge < -0.3 is 9.80 Å². The molecule has 0 atom stereocenters. The quantitative estimate of drug-likeness (QED) is 0.675. The van der Waals surface area contributed by atoms with Gasteiger partial charge in [0.25, 0.3) is 5.91 Å². The van der Waals surface area contributed by atoms with Gasteiger partial charge in [-0.15, -0.1) is 11.8 Å². The number of benzene rings is 2. The number of piperidine rings is 1. The molecule has 0 aromatic heterocycles. The summed E-state index contributed by atoms with van der Waals surface area (Å²) >= 11 is 7.77. The molecule has 29 heavy (non-hydrogen) atoms. The zero-order chi connectivity index (χ0) is 20.3. The lowest BCUT2D eigenvalue weighted by Crippen LogP contribution is -2.53. The largest absolute Gasteiger partial charge is 0.338 e. The van der Waals surface area contributed by atoms with E-state index in [1.807, 2.05) is 58.0 Å². The van der Waals surface area contributed by atoms with Gasteiger partial charge in [0.2, 0.25) is 5.91 Å². The summed E-state index contributed by atoms with van der Waals surface area (Å²) in [7, 11) is 0. The summed E-state index contributed by atoms with van der Waals surface area (Å²) in [5.74, 6) is 1.02. The highest BCUT2D eigenvalue weighted by molar-refractivity contribution is 8.00. The van der Waals surface area contributed by atoms with Crippen LogP contribution in [-0.4, -0.2) is 51.9 Å². The van der Waals surface area contributed by atoms with E-state index < -0.39 is 0 Å². The summed E-state index contributed by atoms with van der Waals surface area (Å²) in [4.78, 5) is 29.4. The first-order valence-corrected chi connectivity index (χ1v) is 11.2. The molecule has 2 amide bonds. The molecular formula is C23H23ClN2O2S. The summed E-state index contributed by atoms with van der Waals surface area (Å²) in [6, 6.07) is 16.9. The van der Waals surface area contributed by atoms with Gasteiger partial charge in [-0.3, -0.25) is 9.59 Å². The molecule has 0 aliphatic carbocycles. The van der Waals surface area contributed by atoms with E-state index in [0.717, 1.165) is 30.7 Å². The zero-order valence-electron chi connectivity index (χ0n) is 16.1. The lowest BCUT2D eigenvalue weighted by atomic mass is 10.0. The van der Waals surface area contributed by atoms with E-state index in [0.29, 0.717) is 23.7 Å². The van der Waals surface area contributed by atoms with Crippen molar-refractivity contribution in [1.82, 2.24) is 9.80 Å². The third kappa shape index (κ3) is 4.36. The molecule has 4 rings (SSSR count). The van der Waals surface area contributed by atoms with Crippen molar-refractivity contribution in [1.29, 1.82) is 0 Å². The molecule has 2 fully saturated rings. The molecule has 2 aromatic rings. The minimum atomic E-state index is -0.200. The number of hydrogen-bond acceptors (Lipinski definition) is 3. The third-order valence-corrected chi connectivity index (χ3v) is 7.39. The Hall–Kier alpha value is -2.24. The van der Waals surface area contributed by atoms with Gasteiger partial charge in [0.05, 0.1) is 4.87 Å². The second kappa shape index (κ2) is 8.64. The number of nitrogens with zero attached hydrogens (tertiary/aromatic N) is 2. The summed E-state index contributed by atoms with van der Waals surface area (Å²) in [5, 5.41) is 0.624. The molecule has 1 spiro atoms. The molecule has 0 unspecified atom stereocenters. The van der Waals surface area contributed by atoms with Crippen LogP contribution in [0.4, 0.5) is 0 Å². The van der Waals surface area contributed by atoms with Gasteiger partial charge in [-0.05, 0) is 48.7 Å². The zero-order valence-corrected chi connectivity index (χ0v) is 17.7. The van der Waals surface area contributed by atoms with Crippen LogP contribution >= 0.6 is 23.4 Å². The third-order valence-electron chi connectivity index (χ3n) is 5.58. The normalized spacial score (nSPS) is 18.5. The number of amides is 2. The van der Waals surface area contributed by atoms with Crippen molar-refractivity contribution < 1.29 is 9.59 Å². The Bertz CT molecular complexity index is 906. The Kier molecular flexibility index (Phi) is 5.97. The van der Waals surface area contributed by atoms with Crippen molar-refractivity contribution in [2.24, 2.45) is 0 Å². The van der Waals surface area contributed by atoms with Gasteiger partial charge in [0.15, 0.2) is 0 Å². The van der Waals surface area contributed by atoms with Crippen LogP contribution in [-0.2, 0) is 4.79 Å². The van der Waals surface area contributed by atoms with Gasteiger partial charge in [0, 0.05) is 42.0 Å². The van der Waals surface area contributed by atoms with Gasteiger partial charge in [-0.25, -0.2) is 0 Å². The average molecular weight is 427 g/mol. The van der Waals surface area contributed by atoms with Crippen molar-refractivity contribution in [3.05, 3.63) is 76.8 Å². The fraction of sp³-hybridized carbons (Fsp3) is 0.304. The lowest BCUT2D eigenvalue weighted by Gasteiger charge is -2.43. The van der Waals surface area contributed by atoms with Gasteiger partial charge >= 0.3 is 0 Å². The number of rotatable bonds is 3. The monoisotopic (exact) mass is 426 g/mol. The van der Waals surface area contributed by atoms with Crippen molar-refractivity contribution >= 4 is 41.3 Å². The highest BCUT2D eigenvalue weighted by Crippen LogP contribution is 2.44. The highest BCUT2D eigenvalue weighted by atomic mass is 35.5. The van der Waals surface area contributed by atoms with Crippen LogP contribution in [0.2, 0.25) is 5.02 Å². The number of carbonyl (C=O) groups is 2. The van der Waals surface area contributed by atoms with E-state index in [1.165, 1.54) is 0 Å². The summed E-state index contributed by atoms with van der Waals surface area (Å²) in [6.45, 7) is 2.06. The Morgan fingerprint density at radius 2 is 1.66 bits per heavy atom. The minimum absolute atomic E-state index is 0.0290. The van der Waals surface area contributed by atoms with E-state index in [4.69, 9.17) is 11.6 Å². The number of likely N-dealkylation sites (tertiary alicyclic amines) is 1. The Balaban J connectivity index is 1.41. The first-order valence-electron chi connectivity index (χ1n) is 9.81. The average Bonchev–Trinajstić information content (AvgIpc) is 3.16. The predicted molar refractivity (Wildman–Crippen MR) is 119 cm³/mol. The summed E-state index contributed by atoms with van der Waals surface area (Å²) in [6.07, 6.45) is 5.14. The molecular weight excluding hydrogens is 404 g/mol. The maximum Gasteiger partial charge on any atom is 0.253 e. The maximum absolute atomic E-state index is 12.9. The molecule has 0 bridgehead atoms. The van der Waals surface area contributed by atoms with E-state index >= 15 is 0 Å². The Morgan fingerprint density at radius 1 is 0.966 bits per heavy atom. The summed E-state index contributed by atoms with van der Waals surface area (Å²) in [5.41, 5.74) is 1.67. The SMILES string of the molecule is O=C(c1ccc(Cl)cc1)N1CCC2(CC1)SCCN2C(=O)/C=C/c1ccccc1. The fourth-order valence-corrected chi connectivity index (χ4v) is 5.58. The molecule has 2 aromatic carbocycles. The smallest absolute Gasteiger partial charge is 0.253 e. The summed E-state index contributed by atoms with van der Waals surface area (Å²) < 4.78 is 0. The minimum Gasteiger partial charge on any atom is -0.338 e. The number of hydrogen-bond donors (Lipinski definition) is 0. The van der Waals surface area contributed by atoms with Crippen LogP contribution in [0.1, 0.15) is 28.8 Å². The maximum atomic E-state index is 12.9. The highest BCUT2D eigenvalue weighted by Gasteiger charge is 2.46.